The van der Waals surface area contributed by atoms with E-state index >= 15 is 0 Å². The summed E-state index contributed by atoms with van der Waals surface area (Å²) in [4.78, 5) is 42.0. The molecule has 3 amide bonds. The highest BCUT2D eigenvalue weighted by molar-refractivity contribution is 5.92. The lowest BCUT2D eigenvalue weighted by Crippen LogP contribution is -2.59. The number of unbranched alkanes of at least 4 members (excludes halogenated alkanes) is 1. The molecule has 0 bridgehead atoms. The molecule has 0 aliphatic rings. The van der Waals surface area contributed by atoms with Crippen molar-refractivity contribution in [3.63, 3.8) is 0 Å². The number of hydrogen-bond donors (Lipinski definition) is 2. The van der Waals surface area contributed by atoms with Gasteiger partial charge in [-0.05, 0) is 73.3 Å². The first-order valence-electron chi connectivity index (χ1n) is 12.7. The Morgan fingerprint density at radius 3 is 1.94 bits per heavy atom. The second kappa shape index (κ2) is 12.4. The van der Waals surface area contributed by atoms with Crippen LogP contribution in [0.25, 0.3) is 0 Å². The minimum atomic E-state index is -0.860. The van der Waals surface area contributed by atoms with E-state index in [1.165, 1.54) is 0 Å². The van der Waals surface area contributed by atoms with Gasteiger partial charge in [-0.3, -0.25) is 9.59 Å². The number of amides is 3. The van der Waals surface area contributed by atoms with Crippen molar-refractivity contribution in [3.8, 4) is 0 Å². The molecule has 0 heterocycles. The lowest BCUT2D eigenvalue weighted by molar-refractivity contribution is -0.149. The zero-order valence-electron chi connectivity index (χ0n) is 23.7. The van der Waals surface area contributed by atoms with Gasteiger partial charge in [-0.2, -0.15) is 0 Å². The van der Waals surface area contributed by atoms with E-state index in [2.05, 4.69) is 17.6 Å². The molecule has 2 atom stereocenters. The Labute approximate surface area is 212 Å². The predicted molar refractivity (Wildman–Crippen MR) is 141 cm³/mol. The third-order valence-electron chi connectivity index (χ3n) is 5.46. The van der Waals surface area contributed by atoms with Crippen molar-refractivity contribution >= 4 is 17.9 Å². The Bertz CT molecular complexity index is 861. The normalized spacial score (nSPS) is 13.7. The minimum absolute atomic E-state index is 0.220. The summed E-state index contributed by atoms with van der Waals surface area (Å²) in [6.07, 6.45) is 1.14. The minimum Gasteiger partial charge on any atom is -0.444 e. The summed E-state index contributed by atoms with van der Waals surface area (Å²) in [6.45, 7) is 21.3. The van der Waals surface area contributed by atoms with Gasteiger partial charge in [0.15, 0.2) is 0 Å². The third-order valence-corrected chi connectivity index (χ3v) is 5.46. The van der Waals surface area contributed by atoms with Crippen molar-refractivity contribution in [3.05, 3.63) is 34.9 Å². The standard InChI is InChI=1S/C28H47N3O4/c1-12-13-14-29-24(32)23(21-16-19(4)15-20(5)17-21)31(27(6,7)8)25(33)22(18(2)3)30-26(34)35-28(9,10)11/h15-18,22-23H,12-14H2,1-11H3,(H,29,32)(H,30,34). The highest BCUT2D eigenvalue weighted by atomic mass is 16.6. The van der Waals surface area contributed by atoms with E-state index in [9.17, 15) is 14.4 Å². The van der Waals surface area contributed by atoms with Crippen LogP contribution >= 0.6 is 0 Å². The number of aryl methyl sites for hydroxylation is 2. The summed E-state index contributed by atoms with van der Waals surface area (Å²) in [5.41, 5.74) is 1.38. The van der Waals surface area contributed by atoms with E-state index in [4.69, 9.17) is 4.74 Å². The Morgan fingerprint density at radius 2 is 1.51 bits per heavy atom. The van der Waals surface area contributed by atoms with Crippen LogP contribution in [0.3, 0.4) is 0 Å². The monoisotopic (exact) mass is 489 g/mol. The van der Waals surface area contributed by atoms with Gasteiger partial charge in [-0.25, -0.2) is 4.79 Å². The predicted octanol–water partition coefficient (Wildman–Crippen LogP) is 5.44. The van der Waals surface area contributed by atoms with Gasteiger partial charge in [0, 0.05) is 12.1 Å². The van der Waals surface area contributed by atoms with Gasteiger partial charge in [0.05, 0.1) is 0 Å². The van der Waals surface area contributed by atoms with Crippen molar-refractivity contribution in [2.24, 2.45) is 5.92 Å². The van der Waals surface area contributed by atoms with Crippen molar-refractivity contribution in [2.75, 3.05) is 6.54 Å². The van der Waals surface area contributed by atoms with E-state index in [0.29, 0.717) is 6.54 Å². The Hall–Kier alpha value is -2.57. The first-order valence-corrected chi connectivity index (χ1v) is 12.7. The average molecular weight is 490 g/mol. The molecule has 1 aromatic carbocycles. The summed E-state index contributed by atoms with van der Waals surface area (Å²) < 4.78 is 5.42. The van der Waals surface area contributed by atoms with Gasteiger partial charge in [0.25, 0.3) is 0 Å². The smallest absolute Gasteiger partial charge is 0.408 e. The number of alkyl carbamates (subject to hydrolysis) is 1. The van der Waals surface area contributed by atoms with Gasteiger partial charge in [-0.15, -0.1) is 0 Å². The van der Waals surface area contributed by atoms with E-state index in [-0.39, 0.29) is 17.7 Å². The lowest BCUT2D eigenvalue weighted by atomic mass is 9.92. The molecule has 1 rings (SSSR count). The number of hydrogen-bond acceptors (Lipinski definition) is 4. The lowest BCUT2D eigenvalue weighted by Gasteiger charge is -2.43. The summed E-state index contributed by atoms with van der Waals surface area (Å²) >= 11 is 0. The molecular weight excluding hydrogens is 442 g/mol. The van der Waals surface area contributed by atoms with Crippen LogP contribution in [-0.4, -0.2) is 46.5 Å². The number of carbonyl (C=O) groups is 3. The summed E-state index contributed by atoms with van der Waals surface area (Å²) in [5, 5.41) is 5.79. The average Bonchev–Trinajstić information content (AvgIpc) is 2.66. The van der Waals surface area contributed by atoms with Gasteiger partial charge >= 0.3 is 6.09 Å². The Balaban J connectivity index is 3.56. The number of ether oxygens (including phenoxy) is 1. The van der Waals surface area contributed by atoms with Gasteiger partial charge in [0.1, 0.15) is 17.7 Å². The molecule has 0 aliphatic heterocycles. The fraction of sp³-hybridized carbons (Fsp3) is 0.679. The molecule has 0 radical (unpaired) electrons. The number of rotatable bonds is 9. The van der Waals surface area contributed by atoms with E-state index in [1.54, 1.807) is 25.7 Å². The Kier molecular flexibility index (Phi) is 10.8. The van der Waals surface area contributed by atoms with Crippen LogP contribution in [0.4, 0.5) is 4.79 Å². The first-order chi connectivity index (χ1) is 16.0. The van der Waals surface area contributed by atoms with Crippen molar-refractivity contribution in [1.29, 1.82) is 0 Å². The molecule has 0 aromatic heterocycles. The molecule has 0 aliphatic carbocycles. The third kappa shape index (κ3) is 9.54. The van der Waals surface area contributed by atoms with Gasteiger partial charge in [-0.1, -0.05) is 56.5 Å². The zero-order valence-corrected chi connectivity index (χ0v) is 23.7. The molecule has 198 valence electrons. The summed E-state index contributed by atoms with van der Waals surface area (Å²) in [6, 6.07) is 4.24. The molecule has 7 heteroatoms. The maximum atomic E-state index is 14.1. The Morgan fingerprint density at radius 1 is 0.971 bits per heavy atom. The molecule has 0 saturated carbocycles. The van der Waals surface area contributed by atoms with Crippen LogP contribution in [-0.2, 0) is 14.3 Å². The van der Waals surface area contributed by atoms with E-state index in [0.717, 1.165) is 29.5 Å². The maximum Gasteiger partial charge on any atom is 0.408 e. The van der Waals surface area contributed by atoms with Crippen LogP contribution in [0.2, 0.25) is 0 Å². The van der Waals surface area contributed by atoms with Crippen LogP contribution in [0.1, 0.15) is 97.9 Å². The van der Waals surface area contributed by atoms with Crippen LogP contribution < -0.4 is 10.6 Å². The molecule has 1 aromatic rings. The second-order valence-electron chi connectivity index (χ2n) is 11.7. The molecular formula is C28H47N3O4. The van der Waals surface area contributed by atoms with Crippen molar-refractivity contribution in [1.82, 2.24) is 15.5 Å². The highest BCUT2D eigenvalue weighted by Gasteiger charge is 2.42. The topological polar surface area (TPSA) is 87.7 Å². The largest absolute Gasteiger partial charge is 0.444 e. The van der Waals surface area contributed by atoms with Gasteiger partial charge in [0.2, 0.25) is 11.8 Å². The highest BCUT2D eigenvalue weighted by Crippen LogP contribution is 2.32. The maximum absolute atomic E-state index is 14.1. The number of nitrogens with one attached hydrogen (secondary N) is 2. The molecule has 2 N–H and O–H groups in total. The molecule has 0 fully saturated rings. The van der Waals surface area contributed by atoms with E-state index < -0.39 is 29.3 Å². The van der Waals surface area contributed by atoms with Crippen LogP contribution in [0, 0.1) is 19.8 Å². The number of benzene rings is 1. The number of carbonyl (C=O) groups excluding carboxylic acids is 3. The molecule has 0 saturated heterocycles. The quantitative estimate of drug-likeness (QED) is 0.452. The zero-order chi connectivity index (χ0) is 27.1. The van der Waals surface area contributed by atoms with Crippen molar-refractivity contribution < 1.29 is 19.1 Å². The van der Waals surface area contributed by atoms with Crippen LogP contribution in [0.15, 0.2) is 18.2 Å². The first kappa shape index (κ1) is 30.5. The molecule has 35 heavy (non-hydrogen) atoms. The second-order valence-corrected chi connectivity index (χ2v) is 11.7. The van der Waals surface area contributed by atoms with E-state index in [1.807, 2.05) is 66.7 Å². The fourth-order valence-electron chi connectivity index (χ4n) is 4.01. The summed E-state index contributed by atoms with van der Waals surface area (Å²) in [5.74, 6) is -0.775. The van der Waals surface area contributed by atoms with Crippen molar-refractivity contribution in [2.45, 2.75) is 112 Å². The molecule has 2 unspecified atom stereocenters. The molecule has 0 spiro atoms. The summed E-state index contributed by atoms with van der Waals surface area (Å²) in [7, 11) is 0. The number of nitrogens with zero attached hydrogens (tertiary/aromatic N) is 1. The fourth-order valence-corrected chi connectivity index (χ4v) is 4.01. The SMILES string of the molecule is CCCCNC(=O)C(c1cc(C)cc(C)c1)N(C(=O)C(NC(=O)OC(C)(C)C)C(C)C)C(C)(C)C. The van der Waals surface area contributed by atoms with Gasteiger partial charge < -0.3 is 20.3 Å². The molecule has 7 nitrogen and oxygen atoms in total. The van der Waals surface area contributed by atoms with Crippen LogP contribution in [0.5, 0.6) is 0 Å².